The second-order valence-corrected chi connectivity index (χ2v) is 11.7. The molecule has 1 aliphatic carbocycles. The summed E-state index contributed by atoms with van der Waals surface area (Å²) in [4.78, 5) is 14.4. The lowest BCUT2D eigenvalue weighted by Gasteiger charge is -2.23. The van der Waals surface area contributed by atoms with Crippen LogP contribution in [-0.4, -0.2) is 15.0 Å². The van der Waals surface area contributed by atoms with Crippen molar-refractivity contribution in [2.24, 2.45) is 0 Å². The minimum Gasteiger partial charge on any atom is -0.264 e. The number of rotatable bonds is 4. The first-order valence-electron chi connectivity index (χ1n) is 14.7. The number of fused-ring (bicyclic) bond motifs is 5. The van der Waals surface area contributed by atoms with Gasteiger partial charge in [-0.1, -0.05) is 123 Å². The van der Waals surface area contributed by atoms with Gasteiger partial charge in [-0.3, -0.25) is 4.98 Å². The van der Waals surface area contributed by atoms with Gasteiger partial charge in [0, 0.05) is 34.5 Å². The first-order chi connectivity index (χ1) is 21.1. The molecule has 0 aliphatic heterocycles. The van der Waals surface area contributed by atoms with Crippen LogP contribution in [-0.2, 0) is 5.41 Å². The van der Waals surface area contributed by atoms with Crippen molar-refractivity contribution in [3.63, 3.8) is 0 Å². The summed E-state index contributed by atoms with van der Waals surface area (Å²) in [5, 5.41) is 2.61. The summed E-state index contributed by atoms with van der Waals surface area (Å²) >= 11 is 0. The highest BCUT2D eigenvalue weighted by Gasteiger charge is 2.37. The molecule has 0 atom stereocenters. The fourth-order valence-electron chi connectivity index (χ4n) is 6.60. The molecular formula is C40H29N3. The zero-order chi connectivity index (χ0) is 29.0. The number of hydrogen-bond donors (Lipinski definition) is 0. The normalized spacial score (nSPS) is 13.1. The molecule has 5 aromatic carbocycles. The fourth-order valence-corrected chi connectivity index (χ4v) is 6.60. The number of pyridine rings is 1. The summed E-state index contributed by atoms with van der Waals surface area (Å²) in [6.07, 6.45) is 3.69. The van der Waals surface area contributed by atoms with Crippen molar-refractivity contribution < 1.29 is 0 Å². The van der Waals surface area contributed by atoms with Crippen molar-refractivity contribution in [1.29, 1.82) is 0 Å². The first-order valence-corrected chi connectivity index (χ1v) is 14.7. The monoisotopic (exact) mass is 551 g/mol. The molecule has 0 radical (unpaired) electrons. The maximum absolute atomic E-state index is 5.11. The molecule has 2 heterocycles. The Labute approximate surface area is 251 Å². The molecule has 43 heavy (non-hydrogen) atoms. The predicted molar refractivity (Wildman–Crippen MR) is 177 cm³/mol. The molecule has 0 amide bonds. The molecule has 0 fully saturated rings. The summed E-state index contributed by atoms with van der Waals surface area (Å²) < 4.78 is 0. The Morgan fingerprint density at radius 3 is 2.00 bits per heavy atom. The number of benzene rings is 5. The Balaban J connectivity index is 1.27. The van der Waals surface area contributed by atoms with Crippen molar-refractivity contribution in [2.45, 2.75) is 19.3 Å². The molecule has 204 valence electrons. The van der Waals surface area contributed by atoms with Gasteiger partial charge in [-0.05, 0) is 62.4 Å². The molecule has 0 unspecified atom stereocenters. The lowest BCUT2D eigenvalue weighted by atomic mass is 9.80. The van der Waals surface area contributed by atoms with Crippen LogP contribution in [0.25, 0.3) is 66.9 Å². The number of nitrogens with zero attached hydrogens (tertiary/aromatic N) is 3. The van der Waals surface area contributed by atoms with Crippen LogP contribution in [0.3, 0.4) is 0 Å². The third kappa shape index (κ3) is 4.24. The van der Waals surface area contributed by atoms with E-state index in [1.165, 1.54) is 33.0 Å². The molecule has 0 spiro atoms. The summed E-state index contributed by atoms with van der Waals surface area (Å²) in [5.74, 6) is 0.719. The Morgan fingerprint density at radius 2 is 1.21 bits per heavy atom. The van der Waals surface area contributed by atoms with Gasteiger partial charge in [-0.15, -0.1) is 0 Å². The van der Waals surface area contributed by atoms with Crippen molar-refractivity contribution in [2.75, 3.05) is 0 Å². The third-order valence-corrected chi connectivity index (χ3v) is 8.77. The Hall–Kier alpha value is -5.41. The Kier molecular flexibility index (Phi) is 5.80. The van der Waals surface area contributed by atoms with E-state index in [9.17, 15) is 0 Å². The molecule has 0 saturated carbocycles. The highest BCUT2D eigenvalue weighted by atomic mass is 14.9. The van der Waals surface area contributed by atoms with Crippen LogP contribution in [0.4, 0.5) is 0 Å². The van der Waals surface area contributed by atoms with Gasteiger partial charge in [0.25, 0.3) is 0 Å². The van der Waals surface area contributed by atoms with E-state index in [2.05, 4.69) is 122 Å². The molecule has 7 aromatic rings. The van der Waals surface area contributed by atoms with Crippen LogP contribution < -0.4 is 0 Å². The number of hydrogen-bond acceptors (Lipinski definition) is 3. The van der Waals surface area contributed by atoms with Gasteiger partial charge >= 0.3 is 0 Å². The topological polar surface area (TPSA) is 38.7 Å². The van der Waals surface area contributed by atoms with E-state index < -0.39 is 0 Å². The molecule has 8 rings (SSSR count). The summed E-state index contributed by atoms with van der Waals surface area (Å²) in [6, 6.07) is 45.0. The molecule has 1 aliphatic rings. The largest absolute Gasteiger partial charge is 0.264 e. The van der Waals surface area contributed by atoms with E-state index >= 15 is 0 Å². The molecule has 0 saturated heterocycles. The average Bonchev–Trinajstić information content (AvgIpc) is 3.31. The van der Waals surface area contributed by atoms with Crippen LogP contribution >= 0.6 is 0 Å². The first kappa shape index (κ1) is 25.3. The average molecular weight is 552 g/mol. The smallest absolute Gasteiger partial charge is 0.160 e. The maximum Gasteiger partial charge on any atom is 0.160 e. The Morgan fingerprint density at radius 1 is 0.512 bits per heavy atom. The van der Waals surface area contributed by atoms with E-state index in [0.29, 0.717) is 0 Å². The zero-order valence-electron chi connectivity index (χ0n) is 24.1. The third-order valence-electron chi connectivity index (χ3n) is 8.77. The van der Waals surface area contributed by atoms with Crippen LogP contribution in [0.15, 0.2) is 140 Å². The quantitative estimate of drug-likeness (QED) is 0.218. The summed E-state index contributed by atoms with van der Waals surface area (Å²) in [6.45, 7) is 4.69. The predicted octanol–water partition coefficient (Wildman–Crippen LogP) is 10.00. The van der Waals surface area contributed by atoms with Gasteiger partial charge in [0.1, 0.15) is 0 Å². The molecule has 0 bridgehead atoms. The SMILES string of the molecule is CC1(C)c2ccc(-c3cc(-c4ccc(-c5cccnc5)cc4)nc(-c4ccccc4)n3)cc2-c2ccc3ccccc3c21. The van der Waals surface area contributed by atoms with E-state index in [-0.39, 0.29) is 5.41 Å². The van der Waals surface area contributed by atoms with E-state index in [4.69, 9.17) is 9.97 Å². The van der Waals surface area contributed by atoms with Gasteiger partial charge in [0.05, 0.1) is 11.4 Å². The minimum absolute atomic E-state index is 0.0912. The van der Waals surface area contributed by atoms with Crippen molar-refractivity contribution in [3.05, 3.63) is 151 Å². The van der Waals surface area contributed by atoms with Gasteiger partial charge in [-0.2, -0.15) is 0 Å². The minimum atomic E-state index is -0.0912. The van der Waals surface area contributed by atoms with Gasteiger partial charge in [0.2, 0.25) is 0 Å². The van der Waals surface area contributed by atoms with Crippen LogP contribution in [0, 0.1) is 0 Å². The second-order valence-electron chi connectivity index (χ2n) is 11.7. The van der Waals surface area contributed by atoms with Crippen LogP contribution in [0.2, 0.25) is 0 Å². The lowest BCUT2D eigenvalue weighted by Crippen LogP contribution is -2.15. The van der Waals surface area contributed by atoms with Crippen molar-refractivity contribution >= 4 is 10.8 Å². The van der Waals surface area contributed by atoms with E-state index in [0.717, 1.165) is 45.0 Å². The number of aromatic nitrogens is 3. The molecular weight excluding hydrogens is 522 g/mol. The highest BCUT2D eigenvalue weighted by molar-refractivity contribution is 5.98. The standard InChI is InChI=1S/C40H29N3/c1-40(2)35-21-19-30(23-34(35)33-20-18-27-9-6-7-13-32(27)38(33)40)37-24-36(42-39(43-37)29-10-4-3-5-11-29)28-16-14-26(15-17-28)31-12-8-22-41-25-31/h3-25H,1-2H3. The summed E-state index contributed by atoms with van der Waals surface area (Å²) in [5.41, 5.74) is 12.4. The van der Waals surface area contributed by atoms with E-state index in [1.807, 2.05) is 30.5 Å². The van der Waals surface area contributed by atoms with Gasteiger partial charge in [0.15, 0.2) is 5.82 Å². The van der Waals surface area contributed by atoms with Crippen molar-refractivity contribution in [3.8, 4) is 56.2 Å². The van der Waals surface area contributed by atoms with E-state index in [1.54, 1.807) is 6.20 Å². The van der Waals surface area contributed by atoms with Crippen molar-refractivity contribution in [1.82, 2.24) is 15.0 Å². The Bertz CT molecular complexity index is 2130. The van der Waals surface area contributed by atoms with Gasteiger partial charge in [-0.25, -0.2) is 9.97 Å². The second kappa shape index (κ2) is 9.85. The lowest BCUT2D eigenvalue weighted by molar-refractivity contribution is 0.666. The summed E-state index contributed by atoms with van der Waals surface area (Å²) in [7, 11) is 0. The zero-order valence-corrected chi connectivity index (χ0v) is 24.1. The molecule has 2 aromatic heterocycles. The molecule has 3 heteroatoms. The maximum atomic E-state index is 5.11. The molecule has 0 N–H and O–H groups in total. The van der Waals surface area contributed by atoms with Gasteiger partial charge < -0.3 is 0 Å². The highest BCUT2D eigenvalue weighted by Crippen LogP contribution is 2.52. The molecule has 3 nitrogen and oxygen atoms in total. The fraction of sp³-hybridized carbons (Fsp3) is 0.0750. The van der Waals surface area contributed by atoms with Crippen LogP contribution in [0.1, 0.15) is 25.0 Å². The van der Waals surface area contributed by atoms with Crippen LogP contribution in [0.5, 0.6) is 0 Å².